The molecule has 1 unspecified atom stereocenters. The molecule has 1 saturated heterocycles. The summed E-state index contributed by atoms with van der Waals surface area (Å²) < 4.78 is 5.34. The molecular weight excluding hydrogens is 244 g/mol. The van der Waals surface area contributed by atoms with Crippen LogP contribution in [0, 0.1) is 0 Å². The van der Waals surface area contributed by atoms with Crippen LogP contribution in [0.5, 0.6) is 0 Å². The predicted molar refractivity (Wildman–Crippen MR) is 73.3 cm³/mol. The van der Waals surface area contributed by atoms with Crippen molar-refractivity contribution >= 4 is 11.6 Å². The molecule has 0 bridgehead atoms. The number of ether oxygens (including phenoxy) is 1. The quantitative estimate of drug-likeness (QED) is 0.850. The number of carbonyl (C=O) groups excluding carboxylic acids is 1. The van der Waals surface area contributed by atoms with E-state index in [1.54, 1.807) is 4.90 Å². The highest BCUT2D eigenvalue weighted by Gasteiger charge is 2.24. The first-order valence-electron chi connectivity index (χ1n) is 6.60. The molecule has 2 N–H and O–H groups in total. The smallest absolute Gasteiger partial charge is 0.254 e. The van der Waals surface area contributed by atoms with Crippen molar-refractivity contribution in [1.82, 2.24) is 4.90 Å². The van der Waals surface area contributed by atoms with Crippen LogP contribution in [0.4, 0.5) is 5.69 Å². The lowest BCUT2D eigenvalue weighted by Gasteiger charge is -2.32. The fourth-order valence-electron chi connectivity index (χ4n) is 2.13. The van der Waals surface area contributed by atoms with Crippen LogP contribution in [0.1, 0.15) is 17.3 Å². The summed E-state index contributed by atoms with van der Waals surface area (Å²) in [6.45, 7) is 4.33. The number of morpholine rings is 1. The second kappa shape index (κ2) is 6.54. The van der Waals surface area contributed by atoms with E-state index in [0.717, 1.165) is 12.2 Å². The minimum absolute atomic E-state index is 0.00945. The molecule has 1 aliphatic heterocycles. The van der Waals surface area contributed by atoms with Crippen LogP contribution in [0.25, 0.3) is 0 Å². The lowest BCUT2D eigenvalue weighted by molar-refractivity contribution is -0.0447. The number of nitrogens with one attached hydrogen (secondary N) is 1. The predicted octanol–water partition coefficient (Wildman–Crippen LogP) is 0.952. The van der Waals surface area contributed by atoms with Gasteiger partial charge in [0.15, 0.2) is 0 Å². The van der Waals surface area contributed by atoms with E-state index in [4.69, 9.17) is 9.84 Å². The highest BCUT2D eigenvalue weighted by molar-refractivity contribution is 5.94. The van der Waals surface area contributed by atoms with E-state index in [1.807, 2.05) is 31.2 Å². The summed E-state index contributed by atoms with van der Waals surface area (Å²) in [7, 11) is 0. The van der Waals surface area contributed by atoms with Gasteiger partial charge in [-0.3, -0.25) is 4.79 Å². The average Bonchev–Trinajstić information content (AvgIpc) is 2.48. The first-order valence-corrected chi connectivity index (χ1v) is 6.60. The molecule has 1 heterocycles. The summed E-state index contributed by atoms with van der Waals surface area (Å²) in [5.74, 6) is -0.00945. The van der Waals surface area contributed by atoms with E-state index in [2.05, 4.69) is 5.32 Å². The van der Waals surface area contributed by atoms with Crippen molar-refractivity contribution in [3.05, 3.63) is 29.8 Å². The molecule has 0 radical (unpaired) electrons. The third-order valence-corrected chi connectivity index (χ3v) is 3.14. The van der Waals surface area contributed by atoms with Gasteiger partial charge in [-0.05, 0) is 31.2 Å². The Hall–Kier alpha value is -1.59. The van der Waals surface area contributed by atoms with Crippen LogP contribution < -0.4 is 5.32 Å². The van der Waals surface area contributed by atoms with Gasteiger partial charge in [-0.25, -0.2) is 0 Å². The number of hydrogen-bond acceptors (Lipinski definition) is 4. The standard InChI is InChI=1S/C14H20N2O3/c1-2-15-12-5-3-11(4-6-12)14(18)16-7-8-19-13(9-16)10-17/h3-6,13,15,17H,2,7-10H2,1H3. The molecule has 0 aliphatic carbocycles. The second-order valence-corrected chi connectivity index (χ2v) is 4.53. The SMILES string of the molecule is CCNc1ccc(C(=O)N2CCOC(CO)C2)cc1. The molecule has 0 spiro atoms. The van der Waals surface area contributed by atoms with Gasteiger partial charge in [0, 0.05) is 30.9 Å². The van der Waals surface area contributed by atoms with Crippen molar-refractivity contribution in [1.29, 1.82) is 0 Å². The van der Waals surface area contributed by atoms with Crippen LogP contribution in [-0.2, 0) is 4.74 Å². The van der Waals surface area contributed by atoms with Crippen molar-refractivity contribution in [2.75, 3.05) is 38.2 Å². The maximum atomic E-state index is 12.3. The summed E-state index contributed by atoms with van der Waals surface area (Å²) in [5, 5.41) is 12.3. The normalized spacial score (nSPS) is 19.3. The first-order chi connectivity index (χ1) is 9.24. The topological polar surface area (TPSA) is 61.8 Å². The highest BCUT2D eigenvalue weighted by Crippen LogP contribution is 2.13. The van der Waals surface area contributed by atoms with Gasteiger partial charge in [0.25, 0.3) is 5.91 Å². The summed E-state index contributed by atoms with van der Waals surface area (Å²) in [5.41, 5.74) is 1.68. The number of carbonyl (C=O) groups is 1. The number of hydrogen-bond donors (Lipinski definition) is 2. The Bertz CT molecular complexity index is 419. The van der Waals surface area contributed by atoms with Crippen molar-refractivity contribution in [3.63, 3.8) is 0 Å². The molecule has 2 rings (SSSR count). The fraction of sp³-hybridized carbons (Fsp3) is 0.500. The number of aliphatic hydroxyl groups excluding tert-OH is 1. The van der Waals surface area contributed by atoms with Gasteiger partial charge in [-0.15, -0.1) is 0 Å². The summed E-state index contributed by atoms with van der Waals surface area (Å²) in [6.07, 6.45) is -0.265. The number of rotatable bonds is 4. The van der Waals surface area contributed by atoms with Gasteiger partial charge in [0.2, 0.25) is 0 Å². The van der Waals surface area contributed by atoms with Crippen molar-refractivity contribution in [2.45, 2.75) is 13.0 Å². The van der Waals surface area contributed by atoms with E-state index < -0.39 is 0 Å². The Morgan fingerprint density at radius 3 is 2.84 bits per heavy atom. The third-order valence-electron chi connectivity index (χ3n) is 3.14. The molecule has 5 heteroatoms. The third kappa shape index (κ3) is 3.45. The number of anilines is 1. The monoisotopic (exact) mass is 264 g/mol. The highest BCUT2D eigenvalue weighted by atomic mass is 16.5. The van der Waals surface area contributed by atoms with Gasteiger partial charge < -0.3 is 20.1 Å². The van der Waals surface area contributed by atoms with Crippen LogP contribution in [0.3, 0.4) is 0 Å². The maximum Gasteiger partial charge on any atom is 0.254 e. The molecule has 0 saturated carbocycles. The van der Waals surface area contributed by atoms with Gasteiger partial charge in [0.05, 0.1) is 19.3 Å². The molecule has 0 aromatic heterocycles. The number of nitrogens with zero attached hydrogens (tertiary/aromatic N) is 1. The molecule has 5 nitrogen and oxygen atoms in total. The van der Waals surface area contributed by atoms with E-state index in [0.29, 0.717) is 25.3 Å². The Labute approximate surface area is 113 Å². The van der Waals surface area contributed by atoms with E-state index in [-0.39, 0.29) is 18.6 Å². The molecule has 104 valence electrons. The average molecular weight is 264 g/mol. The fourth-order valence-corrected chi connectivity index (χ4v) is 2.13. The minimum atomic E-state index is -0.265. The second-order valence-electron chi connectivity index (χ2n) is 4.53. The zero-order valence-corrected chi connectivity index (χ0v) is 11.1. The van der Waals surface area contributed by atoms with Crippen molar-refractivity contribution < 1.29 is 14.6 Å². The summed E-state index contributed by atoms with van der Waals surface area (Å²) in [4.78, 5) is 14.0. The van der Waals surface area contributed by atoms with Crippen molar-refractivity contribution in [3.8, 4) is 0 Å². The molecule has 19 heavy (non-hydrogen) atoms. The van der Waals surface area contributed by atoms with Crippen molar-refractivity contribution in [2.24, 2.45) is 0 Å². The molecule has 1 amide bonds. The molecular formula is C14H20N2O3. The summed E-state index contributed by atoms with van der Waals surface area (Å²) in [6, 6.07) is 7.45. The Kier molecular flexibility index (Phi) is 4.76. The van der Waals surface area contributed by atoms with Crippen LogP contribution in [0.15, 0.2) is 24.3 Å². The minimum Gasteiger partial charge on any atom is -0.394 e. The van der Waals surface area contributed by atoms with Gasteiger partial charge in [-0.2, -0.15) is 0 Å². The Morgan fingerprint density at radius 2 is 2.21 bits per heavy atom. The van der Waals surface area contributed by atoms with Crippen LogP contribution >= 0.6 is 0 Å². The zero-order chi connectivity index (χ0) is 13.7. The number of benzene rings is 1. The van der Waals surface area contributed by atoms with Crippen LogP contribution in [0.2, 0.25) is 0 Å². The first kappa shape index (κ1) is 13.8. The maximum absolute atomic E-state index is 12.3. The Balaban J connectivity index is 2.02. The molecule has 1 aromatic rings. The van der Waals surface area contributed by atoms with E-state index >= 15 is 0 Å². The molecule has 1 aromatic carbocycles. The van der Waals surface area contributed by atoms with E-state index in [9.17, 15) is 4.79 Å². The van der Waals surface area contributed by atoms with E-state index in [1.165, 1.54) is 0 Å². The molecule has 1 fully saturated rings. The zero-order valence-electron chi connectivity index (χ0n) is 11.1. The number of aliphatic hydroxyl groups is 1. The largest absolute Gasteiger partial charge is 0.394 e. The van der Waals surface area contributed by atoms with Gasteiger partial charge in [0.1, 0.15) is 0 Å². The Morgan fingerprint density at radius 1 is 1.47 bits per heavy atom. The summed E-state index contributed by atoms with van der Waals surface area (Å²) >= 11 is 0. The van der Waals surface area contributed by atoms with Gasteiger partial charge in [-0.1, -0.05) is 0 Å². The number of amides is 1. The molecule has 1 atom stereocenters. The van der Waals surface area contributed by atoms with Gasteiger partial charge >= 0.3 is 0 Å². The lowest BCUT2D eigenvalue weighted by atomic mass is 10.1. The molecule has 1 aliphatic rings. The lowest BCUT2D eigenvalue weighted by Crippen LogP contribution is -2.46. The van der Waals surface area contributed by atoms with Crippen LogP contribution in [-0.4, -0.2) is 54.9 Å².